The lowest BCUT2D eigenvalue weighted by Gasteiger charge is -2.22. The standard InChI is InChI=1S/C24H22F3N5O3/c1-13-9-16(14(2)30-18-6-4-3-5-15(18)22(34)35)20-31-19(17(10-28)21(33)32(20)11-13)29-12-23(7-8-23)24(25,26)27/h3-6,9,11,14,29-30H,7-8,12H2,1-2H3,(H,34,35)/t14-/m1/s1. The van der Waals surface area contributed by atoms with Gasteiger partial charge in [0.25, 0.3) is 5.56 Å². The minimum atomic E-state index is -4.41. The Morgan fingerprint density at radius 1 is 1.34 bits per heavy atom. The number of rotatable bonds is 7. The zero-order valence-electron chi connectivity index (χ0n) is 18.9. The van der Waals surface area contributed by atoms with Crippen LogP contribution in [0.3, 0.4) is 0 Å². The van der Waals surface area contributed by atoms with Gasteiger partial charge in [0.05, 0.1) is 17.0 Å². The quantitative estimate of drug-likeness (QED) is 0.451. The number of hydrogen-bond donors (Lipinski definition) is 3. The van der Waals surface area contributed by atoms with Crippen molar-refractivity contribution in [2.45, 2.75) is 38.9 Å². The highest BCUT2D eigenvalue weighted by molar-refractivity contribution is 5.94. The number of benzene rings is 1. The molecule has 8 nitrogen and oxygen atoms in total. The predicted octanol–water partition coefficient (Wildman–Crippen LogP) is 4.50. The number of hydrogen-bond acceptors (Lipinski definition) is 6. The second-order valence-corrected chi connectivity index (χ2v) is 8.77. The van der Waals surface area contributed by atoms with Gasteiger partial charge in [-0.1, -0.05) is 12.1 Å². The third kappa shape index (κ3) is 4.39. The minimum Gasteiger partial charge on any atom is -0.478 e. The van der Waals surface area contributed by atoms with E-state index >= 15 is 0 Å². The molecule has 1 fully saturated rings. The number of aromatic carboxylic acids is 1. The summed E-state index contributed by atoms with van der Waals surface area (Å²) in [6.45, 7) is 2.99. The minimum absolute atomic E-state index is 0.0354. The molecular formula is C24H22F3N5O3. The number of para-hydroxylation sites is 1. The summed E-state index contributed by atoms with van der Waals surface area (Å²) in [5.41, 5.74) is -1.25. The van der Waals surface area contributed by atoms with Gasteiger partial charge < -0.3 is 15.7 Å². The molecule has 2 aromatic heterocycles. The van der Waals surface area contributed by atoms with E-state index in [-0.39, 0.29) is 35.4 Å². The van der Waals surface area contributed by atoms with Gasteiger partial charge >= 0.3 is 12.1 Å². The second-order valence-electron chi connectivity index (χ2n) is 8.77. The van der Waals surface area contributed by atoms with Gasteiger partial charge in [-0.25, -0.2) is 9.78 Å². The normalized spacial score (nSPS) is 15.3. The van der Waals surface area contributed by atoms with Crippen molar-refractivity contribution in [3.8, 4) is 6.07 Å². The van der Waals surface area contributed by atoms with Gasteiger partial charge in [-0.2, -0.15) is 18.4 Å². The molecule has 1 saturated carbocycles. The summed E-state index contributed by atoms with van der Waals surface area (Å²) in [5, 5.41) is 24.7. The van der Waals surface area contributed by atoms with E-state index < -0.39 is 35.7 Å². The predicted molar refractivity (Wildman–Crippen MR) is 123 cm³/mol. The number of aryl methyl sites for hydroxylation is 1. The van der Waals surface area contributed by atoms with E-state index in [0.717, 1.165) is 0 Å². The number of aromatic nitrogens is 2. The molecule has 1 aliphatic rings. The summed E-state index contributed by atoms with van der Waals surface area (Å²) >= 11 is 0. The zero-order chi connectivity index (χ0) is 25.5. The number of nitriles is 1. The highest BCUT2D eigenvalue weighted by atomic mass is 19.4. The number of carboxylic acid groups (broad SMARTS) is 1. The average molecular weight is 485 g/mol. The third-order valence-electron chi connectivity index (χ3n) is 6.25. The maximum absolute atomic E-state index is 13.4. The molecule has 0 unspecified atom stereocenters. The number of carboxylic acids is 1. The lowest BCUT2D eigenvalue weighted by atomic mass is 10.1. The van der Waals surface area contributed by atoms with Crippen LogP contribution in [-0.4, -0.2) is 33.2 Å². The molecule has 0 spiro atoms. The van der Waals surface area contributed by atoms with Crippen molar-refractivity contribution in [3.63, 3.8) is 0 Å². The lowest BCUT2D eigenvalue weighted by Crippen LogP contribution is -2.32. The van der Waals surface area contributed by atoms with Crippen LogP contribution in [0.25, 0.3) is 5.65 Å². The molecule has 35 heavy (non-hydrogen) atoms. The summed E-state index contributed by atoms with van der Waals surface area (Å²) in [5.74, 6) is -1.33. The fourth-order valence-corrected chi connectivity index (χ4v) is 4.03. The van der Waals surface area contributed by atoms with Crippen molar-refractivity contribution >= 4 is 23.1 Å². The van der Waals surface area contributed by atoms with E-state index in [9.17, 15) is 33.1 Å². The Morgan fingerprint density at radius 3 is 2.63 bits per heavy atom. The molecule has 1 aromatic carbocycles. The molecular weight excluding hydrogens is 463 g/mol. The van der Waals surface area contributed by atoms with Crippen molar-refractivity contribution in [2.75, 3.05) is 17.2 Å². The van der Waals surface area contributed by atoms with Crippen LogP contribution in [0.5, 0.6) is 0 Å². The molecule has 0 bridgehead atoms. The molecule has 0 amide bonds. The summed E-state index contributed by atoms with van der Waals surface area (Å²) in [6, 6.07) is 9.29. The molecule has 2 heterocycles. The molecule has 182 valence electrons. The number of fused-ring (bicyclic) bond motifs is 1. The van der Waals surface area contributed by atoms with Crippen molar-refractivity contribution in [1.29, 1.82) is 5.26 Å². The number of carbonyl (C=O) groups is 1. The number of nitrogens with zero attached hydrogens (tertiary/aromatic N) is 3. The average Bonchev–Trinajstić information content (AvgIpc) is 3.59. The monoisotopic (exact) mass is 485 g/mol. The van der Waals surface area contributed by atoms with Gasteiger partial charge in [-0.3, -0.25) is 9.20 Å². The van der Waals surface area contributed by atoms with Gasteiger partial charge in [0.2, 0.25) is 0 Å². The first-order chi connectivity index (χ1) is 16.5. The highest BCUT2D eigenvalue weighted by Gasteiger charge is 2.63. The summed E-state index contributed by atoms with van der Waals surface area (Å²) < 4.78 is 41.3. The summed E-state index contributed by atoms with van der Waals surface area (Å²) in [7, 11) is 0. The first kappa shape index (κ1) is 24.1. The molecule has 3 N–H and O–H groups in total. The molecule has 0 saturated heterocycles. The fraction of sp³-hybridized carbons (Fsp3) is 0.333. The van der Waals surface area contributed by atoms with Crippen LogP contribution in [0, 0.1) is 23.7 Å². The fourth-order valence-electron chi connectivity index (χ4n) is 4.03. The van der Waals surface area contributed by atoms with E-state index in [1.165, 1.54) is 16.7 Å². The number of nitrogens with one attached hydrogen (secondary N) is 2. The molecule has 11 heteroatoms. The van der Waals surface area contributed by atoms with Crippen molar-refractivity contribution in [1.82, 2.24) is 9.38 Å². The molecule has 1 aliphatic carbocycles. The van der Waals surface area contributed by atoms with Gasteiger partial charge in [0.1, 0.15) is 11.7 Å². The Bertz CT molecular complexity index is 1420. The summed E-state index contributed by atoms with van der Waals surface area (Å²) in [4.78, 5) is 29.1. The van der Waals surface area contributed by atoms with Crippen LogP contribution in [-0.2, 0) is 0 Å². The molecule has 1 atom stereocenters. The second kappa shape index (κ2) is 8.61. The number of halogens is 3. The zero-order valence-corrected chi connectivity index (χ0v) is 18.9. The number of pyridine rings is 1. The van der Waals surface area contributed by atoms with Crippen LogP contribution in [0.4, 0.5) is 24.7 Å². The van der Waals surface area contributed by atoms with Gasteiger partial charge in [-0.05, 0) is 50.5 Å². The van der Waals surface area contributed by atoms with Crippen LogP contribution in [0.1, 0.15) is 52.9 Å². The van der Waals surface area contributed by atoms with Crippen LogP contribution >= 0.6 is 0 Å². The highest BCUT2D eigenvalue weighted by Crippen LogP contribution is 2.57. The Morgan fingerprint density at radius 2 is 2.03 bits per heavy atom. The van der Waals surface area contributed by atoms with E-state index in [0.29, 0.717) is 16.8 Å². The summed E-state index contributed by atoms with van der Waals surface area (Å²) in [6.07, 6.45) is -2.98. The molecule has 0 radical (unpaired) electrons. The largest absolute Gasteiger partial charge is 0.478 e. The van der Waals surface area contributed by atoms with Crippen molar-refractivity contribution in [2.24, 2.45) is 5.41 Å². The number of anilines is 2. The van der Waals surface area contributed by atoms with Crippen LogP contribution < -0.4 is 16.2 Å². The van der Waals surface area contributed by atoms with Gasteiger partial charge in [0, 0.05) is 24.0 Å². The third-order valence-corrected chi connectivity index (χ3v) is 6.25. The van der Waals surface area contributed by atoms with Crippen LogP contribution in [0.15, 0.2) is 41.3 Å². The Kier molecular flexibility index (Phi) is 5.92. The number of alkyl halides is 3. The smallest absolute Gasteiger partial charge is 0.396 e. The lowest BCUT2D eigenvalue weighted by molar-refractivity contribution is -0.182. The van der Waals surface area contributed by atoms with E-state index in [1.54, 1.807) is 44.2 Å². The van der Waals surface area contributed by atoms with Gasteiger partial charge in [-0.15, -0.1) is 0 Å². The van der Waals surface area contributed by atoms with Gasteiger partial charge in [0.15, 0.2) is 11.4 Å². The SMILES string of the molecule is Cc1cc([C@@H](C)Nc2ccccc2C(=O)O)c2nc(NCC3(C(F)(F)F)CC3)c(C#N)c(=O)n2c1. The topological polar surface area (TPSA) is 120 Å². The molecule has 4 rings (SSSR count). The van der Waals surface area contributed by atoms with E-state index in [4.69, 9.17) is 0 Å². The van der Waals surface area contributed by atoms with E-state index in [1.807, 2.05) is 0 Å². The van der Waals surface area contributed by atoms with E-state index in [2.05, 4.69) is 15.6 Å². The molecule has 3 aromatic rings. The first-order valence-corrected chi connectivity index (χ1v) is 10.8. The van der Waals surface area contributed by atoms with Crippen LogP contribution in [0.2, 0.25) is 0 Å². The Balaban J connectivity index is 1.78. The maximum atomic E-state index is 13.4. The van der Waals surface area contributed by atoms with Crippen molar-refractivity contribution < 1.29 is 23.1 Å². The van der Waals surface area contributed by atoms with Crippen molar-refractivity contribution in [3.05, 3.63) is 69.1 Å². The Hall–Kier alpha value is -4.07. The Labute approximate surface area is 198 Å². The maximum Gasteiger partial charge on any atom is 0.396 e. The molecule has 0 aliphatic heterocycles. The first-order valence-electron chi connectivity index (χ1n) is 10.8.